The van der Waals surface area contributed by atoms with Crippen LogP contribution in [-0.2, 0) is 0 Å². The number of allylic oxidation sites excluding steroid dienone is 1. The monoisotopic (exact) mass is 435 g/mol. The molecule has 8 heteroatoms. The van der Waals surface area contributed by atoms with E-state index < -0.39 is 0 Å². The van der Waals surface area contributed by atoms with Crippen molar-refractivity contribution in [3.05, 3.63) is 71.1 Å². The van der Waals surface area contributed by atoms with Gasteiger partial charge in [-0.15, -0.1) is 0 Å². The smallest absolute Gasteiger partial charge is 0.251 e. The Hall–Kier alpha value is -3.36. The normalized spacial score (nSPS) is 16.7. The molecule has 0 saturated carbocycles. The van der Waals surface area contributed by atoms with Gasteiger partial charge in [-0.1, -0.05) is 18.6 Å². The summed E-state index contributed by atoms with van der Waals surface area (Å²) >= 11 is 0. The van der Waals surface area contributed by atoms with Crippen molar-refractivity contribution in [2.75, 3.05) is 30.4 Å². The van der Waals surface area contributed by atoms with Crippen molar-refractivity contribution < 1.29 is 4.79 Å². The zero-order chi connectivity index (χ0) is 23.3. The lowest BCUT2D eigenvalue weighted by molar-refractivity contribution is 0.0941. The highest BCUT2D eigenvalue weighted by Gasteiger charge is 2.23. The molecule has 1 amide bonds. The van der Waals surface area contributed by atoms with Crippen molar-refractivity contribution in [1.29, 1.82) is 5.41 Å². The van der Waals surface area contributed by atoms with Crippen LogP contribution in [0, 0.1) is 12.3 Å². The third-order valence-electron chi connectivity index (χ3n) is 5.88. The third-order valence-corrected chi connectivity index (χ3v) is 5.88. The molecule has 0 bridgehead atoms. The number of amides is 1. The lowest BCUT2D eigenvalue weighted by atomic mass is 10.0. The molecule has 3 rings (SSSR count). The number of hydrogen-bond donors (Lipinski definition) is 5. The molecule has 1 aliphatic rings. The highest BCUT2D eigenvalue weighted by molar-refractivity contribution is 6.13. The van der Waals surface area contributed by atoms with Gasteiger partial charge in [0, 0.05) is 35.6 Å². The van der Waals surface area contributed by atoms with Crippen LogP contribution in [0.3, 0.4) is 0 Å². The minimum Gasteiger partial charge on any atom is -0.398 e. The number of nitrogen functional groups attached to an aromatic ring is 1. The molecule has 0 aromatic heterocycles. The summed E-state index contributed by atoms with van der Waals surface area (Å²) in [6.07, 6.45) is 3.77. The number of carbonyl (C=O) groups is 1. The zero-order valence-electron chi connectivity index (χ0n) is 18.8. The van der Waals surface area contributed by atoms with Gasteiger partial charge in [0.15, 0.2) is 0 Å². The zero-order valence-corrected chi connectivity index (χ0v) is 18.8. The summed E-state index contributed by atoms with van der Waals surface area (Å²) in [5, 5.41) is 12.7. The predicted octanol–water partition coefficient (Wildman–Crippen LogP) is 2.34. The second-order valence-electron chi connectivity index (χ2n) is 8.14. The van der Waals surface area contributed by atoms with E-state index in [2.05, 4.69) is 17.1 Å². The maximum absolute atomic E-state index is 12.5. The second kappa shape index (κ2) is 10.3. The summed E-state index contributed by atoms with van der Waals surface area (Å²) in [5.41, 5.74) is 15.6. The van der Waals surface area contributed by atoms with Crippen LogP contribution in [0.4, 0.5) is 11.4 Å². The van der Waals surface area contributed by atoms with E-state index in [0.29, 0.717) is 35.1 Å². The maximum Gasteiger partial charge on any atom is 0.251 e. The first-order valence-electron chi connectivity index (χ1n) is 10.9. The Morgan fingerprint density at radius 2 is 2.00 bits per heavy atom. The Morgan fingerprint density at radius 3 is 2.69 bits per heavy atom. The van der Waals surface area contributed by atoms with Crippen molar-refractivity contribution in [3.8, 4) is 0 Å². The topological polar surface area (TPSA) is 137 Å². The van der Waals surface area contributed by atoms with Crippen LogP contribution in [0.15, 0.2) is 54.4 Å². The Labute approximate surface area is 189 Å². The Morgan fingerprint density at radius 1 is 1.28 bits per heavy atom. The molecule has 0 spiro atoms. The molecular weight excluding hydrogens is 402 g/mol. The highest BCUT2D eigenvalue weighted by atomic mass is 16.1. The average molecular weight is 436 g/mol. The Balaban J connectivity index is 1.62. The number of anilines is 2. The molecule has 2 aromatic carbocycles. The van der Waals surface area contributed by atoms with Crippen molar-refractivity contribution >= 4 is 23.0 Å². The van der Waals surface area contributed by atoms with E-state index in [9.17, 15) is 4.79 Å². The number of nitrogens with two attached hydrogens (primary N) is 3. The van der Waals surface area contributed by atoms with E-state index in [1.54, 1.807) is 30.3 Å². The van der Waals surface area contributed by atoms with Gasteiger partial charge < -0.3 is 16.8 Å². The van der Waals surface area contributed by atoms with E-state index in [1.165, 1.54) is 17.6 Å². The molecule has 8 nitrogen and oxygen atoms in total. The van der Waals surface area contributed by atoms with E-state index in [1.807, 2.05) is 19.1 Å². The molecule has 8 N–H and O–H groups in total. The molecule has 32 heavy (non-hydrogen) atoms. The number of aryl methyl sites for hydroxylation is 1. The standard InChI is InChI=1S/C24H33N7O/c1-3-30-12-4-5-19(30)14-29-24(32)17-7-9-18(10-8-17)31(28)15-22(26)23(27)20-13-16(2)6-11-21(20)25/h6-11,13,15,19,27H,3-5,12,14,25-26,28H2,1-2H3,(H,29,32)/b22-15-,27-23?. The molecule has 0 aliphatic carbocycles. The molecule has 1 heterocycles. The van der Waals surface area contributed by atoms with Crippen LogP contribution in [0.2, 0.25) is 0 Å². The predicted molar refractivity (Wildman–Crippen MR) is 130 cm³/mol. The number of likely N-dealkylation sites (tertiary alicyclic amines) is 1. The van der Waals surface area contributed by atoms with Crippen LogP contribution >= 0.6 is 0 Å². The number of nitrogens with zero attached hydrogens (tertiary/aromatic N) is 2. The van der Waals surface area contributed by atoms with Crippen molar-refractivity contribution in [2.24, 2.45) is 11.6 Å². The quantitative estimate of drug-likeness (QED) is 0.187. The van der Waals surface area contributed by atoms with Gasteiger partial charge in [0.25, 0.3) is 5.91 Å². The fourth-order valence-corrected chi connectivity index (χ4v) is 3.97. The third kappa shape index (κ3) is 5.46. The van der Waals surface area contributed by atoms with E-state index in [0.717, 1.165) is 25.1 Å². The van der Waals surface area contributed by atoms with Gasteiger partial charge in [0.1, 0.15) is 0 Å². The van der Waals surface area contributed by atoms with Crippen molar-refractivity contribution in [3.63, 3.8) is 0 Å². The molecule has 0 radical (unpaired) electrons. The summed E-state index contributed by atoms with van der Waals surface area (Å²) < 4.78 is 0. The first kappa shape index (κ1) is 23.3. The molecule has 1 atom stereocenters. The molecule has 1 fully saturated rings. The SMILES string of the molecule is CCN1CCCC1CNC(=O)c1ccc(N(N)/C=C(\N)C(=N)c2cc(C)ccc2N)cc1. The van der Waals surface area contributed by atoms with E-state index in [-0.39, 0.29) is 17.3 Å². The van der Waals surface area contributed by atoms with Gasteiger partial charge >= 0.3 is 0 Å². The van der Waals surface area contributed by atoms with Crippen LogP contribution in [-0.4, -0.2) is 42.2 Å². The van der Waals surface area contributed by atoms with Gasteiger partial charge in [0.05, 0.1) is 17.1 Å². The second-order valence-corrected chi connectivity index (χ2v) is 8.14. The first-order chi connectivity index (χ1) is 15.3. The van der Waals surface area contributed by atoms with Gasteiger partial charge in [-0.05, 0) is 69.3 Å². The first-order valence-corrected chi connectivity index (χ1v) is 10.9. The number of benzene rings is 2. The summed E-state index contributed by atoms with van der Waals surface area (Å²) in [7, 11) is 0. The summed E-state index contributed by atoms with van der Waals surface area (Å²) in [5.74, 6) is 6.02. The Kier molecular flexibility index (Phi) is 7.50. The molecule has 2 aromatic rings. The molecule has 1 saturated heterocycles. The van der Waals surface area contributed by atoms with Crippen molar-refractivity contribution in [1.82, 2.24) is 10.2 Å². The lowest BCUT2D eigenvalue weighted by Gasteiger charge is -2.23. The van der Waals surface area contributed by atoms with Gasteiger partial charge in [-0.3, -0.25) is 20.1 Å². The minimum absolute atomic E-state index is 0.102. The van der Waals surface area contributed by atoms with Crippen LogP contribution < -0.4 is 27.6 Å². The lowest BCUT2D eigenvalue weighted by Crippen LogP contribution is -2.40. The fourth-order valence-electron chi connectivity index (χ4n) is 3.97. The van der Waals surface area contributed by atoms with Crippen molar-refractivity contribution in [2.45, 2.75) is 32.7 Å². The number of hydrogen-bond acceptors (Lipinski definition) is 7. The minimum atomic E-state index is -0.102. The molecule has 170 valence electrons. The molecular formula is C24H33N7O. The van der Waals surface area contributed by atoms with Crippen LogP contribution in [0.5, 0.6) is 0 Å². The maximum atomic E-state index is 12.5. The van der Waals surface area contributed by atoms with Gasteiger partial charge in [0.2, 0.25) is 0 Å². The number of likely N-dealkylation sites (N-methyl/N-ethyl adjacent to an activating group) is 1. The van der Waals surface area contributed by atoms with Crippen LogP contribution in [0.1, 0.15) is 41.3 Å². The molecule has 1 aliphatic heterocycles. The average Bonchev–Trinajstić information content (AvgIpc) is 3.26. The van der Waals surface area contributed by atoms with Crippen LogP contribution in [0.25, 0.3) is 0 Å². The summed E-state index contributed by atoms with van der Waals surface area (Å²) in [6.45, 7) is 6.84. The van der Waals surface area contributed by atoms with E-state index >= 15 is 0 Å². The summed E-state index contributed by atoms with van der Waals surface area (Å²) in [6, 6.07) is 12.8. The number of nitrogens with one attached hydrogen (secondary N) is 2. The molecule has 1 unspecified atom stereocenters. The Bertz CT molecular complexity index is 1000. The highest BCUT2D eigenvalue weighted by Crippen LogP contribution is 2.19. The summed E-state index contributed by atoms with van der Waals surface area (Å²) in [4.78, 5) is 14.9. The number of rotatable bonds is 8. The number of hydrazine groups is 1. The largest absolute Gasteiger partial charge is 0.398 e. The fraction of sp³-hybridized carbons (Fsp3) is 0.333. The number of carbonyl (C=O) groups excluding carboxylic acids is 1. The van der Waals surface area contributed by atoms with E-state index in [4.69, 9.17) is 22.7 Å². The van der Waals surface area contributed by atoms with Gasteiger partial charge in [-0.2, -0.15) is 0 Å². The van der Waals surface area contributed by atoms with Gasteiger partial charge in [-0.25, -0.2) is 5.84 Å².